The molecular weight excluding hydrogens is 2010 g/mol. The first-order chi connectivity index (χ1) is 66.2. The predicted molar refractivity (Wildman–Crippen MR) is 571 cm³/mol. The zero-order valence-corrected chi connectivity index (χ0v) is 91.7. The summed E-state index contributed by atoms with van der Waals surface area (Å²) < 4.78 is 17.5. The average molecular weight is 2130 g/mol. The summed E-state index contributed by atoms with van der Waals surface area (Å²) in [7, 11) is 49.9. The number of phenolic OH excluding ortho intramolecular Hbond substituents is 3. The summed E-state index contributed by atoms with van der Waals surface area (Å²) in [6.45, 7) is 15.5. The number of methoxy groups -OCH3 is 3. The van der Waals surface area contributed by atoms with Crippen LogP contribution in [0.1, 0.15) is 211 Å². The van der Waals surface area contributed by atoms with Crippen LogP contribution in [-0.2, 0) is 71.1 Å². The van der Waals surface area contributed by atoms with Crippen molar-refractivity contribution >= 4 is 119 Å². The van der Waals surface area contributed by atoms with Gasteiger partial charge >= 0.3 is 128 Å². The summed E-state index contributed by atoms with van der Waals surface area (Å²) >= 11 is -5.75. The number of rotatable bonds is 19. The number of aliphatic imine (C=N–C) groups is 3. The summed E-state index contributed by atoms with van der Waals surface area (Å²) in [5.74, 6) is 11.1. The van der Waals surface area contributed by atoms with Crippen molar-refractivity contribution in [3.05, 3.63) is 316 Å². The molecule has 138 heavy (non-hydrogen) atoms. The summed E-state index contributed by atoms with van der Waals surface area (Å²) in [5.41, 5.74) is 25.4. The number of ether oxygens (including phenoxy) is 3. The van der Waals surface area contributed by atoms with Gasteiger partial charge in [0.25, 0.3) is 0 Å². The van der Waals surface area contributed by atoms with Crippen LogP contribution in [0.3, 0.4) is 0 Å². The van der Waals surface area contributed by atoms with Gasteiger partial charge in [0.2, 0.25) is 0 Å². The van der Waals surface area contributed by atoms with E-state index in [1.165, 1.54) is 160 Å². The Hall–Kier alpha value is -6.80. The van der Waals surface area contributed by atoms with Gasteiger partial charge in [-0.05, 0) is 333 Å². The third-order valence-corrected chi connectivity index (χ3v) is 31.0. The van der Waals surface area contributed by atoms with Crippen LogP contribution >= 0.6 is 83.7 Å². The van der Waals surface area contributed by atoms with Crippen LogP contribution in [-0.4, -0.2) is 55.3 Å². The number of nitrogens with zero attached hydrogens (tertiary/aromatic N) is 3. The van der Waals surface area contributed by atoms with E-state index in [4.69, 9.17) is 113 Å². The Bertz CT molecular complexity index is 6240. The molecule has 12 saturated carbocycles. The number of aromatic hydroxyl groups is 3. The number of benzene rings is 12. The number of hydrogen-bond acceptors (Lipinski definition) is 9. The number of halogens is 9. The second-order valence-electron chi connectivity index (χ2n) is 41.7. The van der Waals surface area contributed by atoms with Crippen molar-refractivity contribution < 1.29 is 73.6 Å². The second kappa shape index (κ2) is 45.7. The Morgan fingerprint density at radius 1 is 0.290 bits per heavy atom. The Balaban J connectivity index is 0.000000141. The van der Waals surface area contributed by atoms with Gasteiger partial charge in [-0.2, -0.15) is 0 Å². The monoisotopic (exact) mass is 2120 g/mol. The van der Waals surface area contributed by atoms with Crippen LogP contribution in [0.25, 0.3) is 55.6 Å². The van der Waals surface area contributed by atoms with E-state index in [1.54, 1.807) is 21.3 Å². The molecule has 21 heteroatoms. The molecule has 0 aliphatic heterocycles. The first-order valence-corrected chi connectivity index (χ1v) is 67.7. The summed E-state index contributed by atoms with van der Waals surface area (Å²) in [4.78, 5) is 15.1. The van der Waals surface area contributed by atoms with Gasteiger partial charge in [0.15, 0.2) is 0 Å². The minimum atomic E-state index is -1.92. The van der Waals surface area contributed by atoms with Gasteiger partial charge in [0.1, 0.15) is 34.5 Å². The molecule has 12 aromatic carbocycles. The standard InChI is InChI=1S/C42H39NO2.C40H43NO2.C35H41NO2.9ClH.3Ti/c1-45-40-17-16-33(31-10-4-2-5-11-31)22-37(40)36-14-8-9-15-39(36)43-27-35-21-34(32-12-6-3-7-13-32)23-38(41(35)44)42-24-28-18-29(25-42)20-30(19-28)26-42;1-26-16-30(38(42)35(17-26)40-22-27-18-28(23-40)20-29(19-27)24-40)25-41-36-13-9-8-12-33(36)34-21-32(14-15-37(34)43-4)39(2,3)31-10-6-5-7-11-31;1-22-12-26(33(37)30(13-22)35-18-23-14-24(19-35)16-25(15-23)20-35)21-36-31-9-7-6-8-28(31)29-17-27(34(2,3)4)10-11-32(29)38-5;;;;;;;;;;;;/h2-17,21-23,27-30,44H,18-20,24-26H2,1H3;5-17,21,25,27-29,42H,18-20,22-24H2,1-4H3;6-13,17,21,23-25,37H,14-16,18-20H2,1-5H3;9*1H;;;/q;;;;;;;;;;;;3*+3/p-9. The third kappa shape index (κ3) is 24.4. The molecule has 3 N–H and O–H groups in total. The van der Waals surface area contributed by atoms with Gasteiger partial charge in [-0.1, -0.05) is 211 Å². The molecule has 9 nitrogen and oxygen atoms in total. The molecule has 0 radical (unpaired) electrons. The quantitative estimate of drug-likeness (QED) is 0.0547. The molecule has 12 aliphatic carbocycles. The summed E-state index contributed by atoms with van der Waals surface area (Å²) in [5, 5.41) is 35.4. The molecule has 0 aromatic heterocycles. The van der Waals surface area contributed by atoms with Crippen molar-refractivity contribution in [1.29, 1.82) is 0 Å². The van der Waals surface area contributed by atoms with Crippen molar-refractivity contribution in [2.24, 2.45) is 68.2 Å². The number of para-hydroxylation sites is 3. The van der Waals surface area contributed by atoms with E-state index in [1.807, 2.05) is 79.3 Å². The van der Waals surface area contributed by atoms with E-state index < -0.39 is 44.1 Å². The number of hydrogen-bond donors (Lipinski definition) is 3. The van der Waals surface area contributed by atoms with E-state index in [2.05, 4.69) is 243 Å². The van der Waals surface area contributed by atoms with Crippen molar-refractivity contribution in [2.45, 2.75) is 191 Å². The number of aryl methyl sites for hydroxylation is 2. The van der Waals surface area contributed by atoms with E-state index in [0.29, 0.717) is 17.2 Å². The molecule has 12 aliphatic rings. The van der Waals surface area contributed by atoms with Gasteiger partial charge in [0.05, 0.1) is 38.4 Å². The molecule has 717 valence electrons. The molecular formula is C117H123Cl9N3O6Ti3. The SMILES string of the molecule is COc1ccc(-c2ccccc2)cc1-c1ccccc1N=Cc1cc(-c2ccccc2)cc(C23CC4CC(CC(C4)C2)C3)c1O.COc1ccc(C(C)(C)C)cc1-c1ccccc1N=Cc1cc(C)cc(C23CC4CC(CC(C4)C2)C3)c1O.COc1ccc(C(C)(C)c2ccccc2)cc1-c1ccccc1N=Cc1cc(C)cc(C23CC4CC(CC(C4)C2)C3)c1O.[Cl][Ti]([Cl])[Cl].[Cl][Ti]([Cl])[Cl].[Cl][Ti]([Cl])[Cl]. The first kappa shape index (κ1) is 104. The van der Waals surface area contributed by atoms with Crippen LogP contribution in [0, 0.1) is 67.1 Å². The van der Waals surface area contributed by atoms with Crippen LogP contribution in [0.4, 0.5) is 17.1 Å². The van der Waals surface area contributed by atoms with Crippen molar-refractivity contribution in [2.75, 3.05) is 21.3 Å². The Kier molecular flexibility index (Phi) is 34.4. The topological polar surface area (TPSA) is 125 Å². The fourth-order valence-electron chi connectivity index (χ4n) is 26.2. The molecule has 0 unspecified atom stereocenters. The zero-order chi connectivity index (χ0) is 97.5. The van der Waals surface area contributed by atoms with Crippen LogP contribution < -0.4 is 14.2 Å². The van der Waals surface area contributed by atoms with Crippen LogP contribution in [0.2, 0.25) is 0 Å². The van der Waals surface area contributed by atoms with Gasteiger partial charge in [-0.15, -0.1) is 0 Å². The fourth-order valence-corrected chi connectivity index (χ4v) is 26.2. The zero-order valence-electron chi connectivity index (χ0n) is 80.2. The maximum absolute atomic E-state index is 12.0. The number of phenols is 3. The van der Waals surface area contributed by atoms with Crippen LogP contribution in [0.15, 0.2) is 270 Å². The van der Waals surface area contributed by atoms with E-state index in [9.17, 15) is 15.3 Å². The Morgan fingerprint density at radius 2 is 0.565 bits per heavy atom. The Morgan fingerprint density at radius 3 is 0.899 bits per heavy atom. The Labute approximate surface area is 870 Å². The molecule has 12 bridgehead atoms. The van der Waals surface area contributed by atoms with E-state index in [0.717, 1.165) is 160 Å². The molecule has 0 heterocycles. The molecule has 0 atom stereocenters. The van der Waals surface area contributed by atoms with Crippen molar-refractivity contribution in [3.8, 4) is 90.1 Å². The van der Waals surface area contributed by atoms with Gasteiger partial charge in [0, 0.05) is 90.8 Å². The van der Waals surface area contributed by atoms with Crippen molar-refractivity contribution in [1.82, 2.24) is 0 Å². The molecule has 24 rings (SSSR count). The van der Waals surface area contributed by atoms with Crippen LogP contribution in [0.5, 0.6) is 34.5 Å². The molecule has 0 saturated heterocycles. The molecule has 0 amide bonds. The molecule has 12 fully saturated rings. The fraction of sp³-hybridized carbons (Fsp3) is 0.359. The normalized spacial score (nSPS) is 23.1. The van der Waals surface area contributed by atoms with E-state index >= 15 is 0 Å². The van der Waals surface area contributed by atoms with Gasteiger partial charge < -0.3 is 29.5 Å². The molecule has 0 spiro atoms. The second-order valence-corrected chi connectivity index (χ2v) is 65.0. The van der Waals surface area contributed by atoms with Crippen molar-refractivity contribution in [3.63, 3.8) is 0 Å². The van der Waals surface area contributed by atoms with E-state index in [-0.39, 0.29) is 27.1 Å². The van der Waals surface area contributed by atoms with Gasteiger partial charge in [-0.3, -0.25) is 15.0 Å². The first-order valence-electron chi connectivity index (χ1n) is 48.4. The third-order valence-electron chi connectivity index (χ3n) is 31.0. The molecule has 12 aromatic rings. The summed E-state index contributed by atoms with van der Waals surface area (Å²) in [6.07, 6.45) is 29.1. The summed E-state index contributed by atoms with van der Waals surface area (Å²) in [6, 6.07) is 88.6. The van der Waals surface area contributed by atoms with Gasteiger partial charge in [-0.25, -0.2) is 0 Å². The maximum atomic E-state index is 12.0. The average Bonchev–Trinajstić information content (AvgIpc) is 0.729. The minimum absolute atomic E-state index is 0.0280. The predicted octanol–water partition coefficient (Wildman–Crippen LogP) is 35.6.